The van der Waals surface area contributed by atoms with Gasteiger partial charge in [-0.3, -0.25) is 18.9 Å². The van der Waals surface area contributed by atoms with E-state index in [9.17, 15) is 18.0 Å². The molecule has 1 N–H and O–H groups in total. The van der Waals surface area contributed by atoms with Crippen LogP contribution in [0.1, 0.15) is 17.3 Å². The van der Waals surface area contributed by atoms with Crippen LogP contribution in [0.4, 0.5) is 5.69 Å². The summed E-state index contributed by atoms with van der Waals surface area (Å²) >= 11 is 2.59. The molecule has 0 saturated heterocycles. The van der Waals surface area contributed by atoms with Crippen LogP contribution < -0.4 is 10.3 Å². The predicted molar refractivity (Wildman–Crippen MR) is 119 cm³/mol. The number of nitrogens with one attached hydrogen (secondary N) is 1. The molecule has 1 atom stereocenters. The zero-order chi connectivity index (χ0) is 21.2. The normalized spacial score (nSPS) is 12.6. The van der Waals surface area contributed by atoms with E-state index >= 15 is 0 Å². The molecule has 0 radical (unpaired) electrons. The summed E-state index contributed by atoms with van der Waals surface area (Å²) < 4.78 is 26.5. The number of nitrogens with zero attached hydrogens (tertiary/aromatic N) is 2. The molecule has 7 nitrogen and oxygen atoms in total. The molecule has 0 aliphatic carbocycles. The van der Waals surface area contributed by atoms with E-state index in [0.29, 0.717) is 33.2 Å². The number of aromatic nitrogens is 2. The second-order valence-electron chi connectivity index (χ2n) is 6.31. The molecular weight excluding hydrogens is 430 g/mol. The average Bonchev–Trinajstić information content (AvgIpc) is 3.12. The molecule has 0 bridgehead atoms. The maximum absolute atomic E-state index is 12.8. The molecule has 0 spiro atoms. The van der Waals surface area contributed by atoms with Crippen LogP contribution in [0.5, 0.6) is 0 Å². The van der Waals surface area contributed by atoms with E-state index in [-0.39, 0.29) is 11.3 Å². The molecule has 0 unspecified atom stereocenters. The summed E-state index contributed by atoms with van der Waals surface area (Å²) in [4.78, 5) is 30.7. The smallest absolute Gasteiger partial charge is 0.263 e. The Hall–Kier alpha value is -2.43. The fraction of sp³-hybridized carbons (Fsp3) is 0.211. The fourth-order valence-corrected chi connectivity index (χ4v) is 5.04. The topological polar surface area (TPSA) is 98.1 Å². The highest BCUT2D eigenvalue weighted by Gasteiger charge is 2.21. The van der Waals surface area contributed by atoms with Crippen LogP contribution in [0.3, 0.4) is 0 Å². The maximum atomic E-state index is 12.8. The molecule has 0 aliphatic heterocycles. The number of Topliss-reactive ketones (excluding diaryl/α,β-unsaturated/α-hetero) is 1. The van der Waals surface area contributed by atoms with E-state index in [2.05, 4.69) is 16.3 Å². The standard InChI is InChI=1S/C19H19N3O4S3/c1-4-10-22-18(24)15-9-11-27-17(15)20-19(22)28-12(2)16(23)13-5-7-14(8-6-13)21-29(3,25)26/h4-9,11-12,21H,1,10H2,2-3H3/t12-/m1/s1. The zero-order valence-electron chi connectivity index (χ0n) is 15.8. The summed E-state index contributed by atoms with van der Waals surface area (Å²) in [7, 11) is -3.38. The Morgan fingerprint density at radius 2 is 2.03 bits per heavy atom. The SMILES string of the molecule is C=CCn1c(S[C@H](C)C(=O)c2ccc(NS(C)(=O)=O)cc2)nc2sccc2c1=O. The summed E-state index contributed by atoms with van der Waals surface area (Å²) in [6.07, 6.45) is 2.68. The van der Waals surface area contributed by atoms with Crippen LogP contribution in [0.2, 0.25) is 0 Å². The van der Waals surface area contributed by atoms with Crippen molar-refractivity contribution in [3.05, 3.63) is 64.3 Å². The van der Waals surface area contributed by atoms with Gasteiger partial charge in [0.1, 0.15) is 4.83 Å². The number of fused-ring (bicyclic) bond motifs is 1. The molecule has 2 heterocycles. The van der Waals surface area contributed by atoms with E-state index in [1.807, 2.05) is 5.38 Å². The Morgan fingerprint density at radius 1 is 1.34 bits per heavy atom. The highest BCUT2D eigenvalue weighted by atomic mass is 32.2. The van der Waals surface area contributed by atoms with E-state index < -0.39 is 15.3 Å². The van der Waals surface area contributed by atoms with Crippen molar-refractivity contribution in [1.29, 1.82) is 0 Å². The molecular formula is C19H19N3O4S3. The lowest BCUT2D eigenvalue weighted by molar-refractivity contribution is 0.0994. The zero-order valence-corrected chi connectivity index (χ0v) is 18.2. The van der Waals surface area contributed by atoms with Gasteiger partial charge in [0.05, 0.1) is 16.9 Å². The van der Waals surface area contributed by atoms with Crippen LogP contribution in [0, 0.1) is 0 Å². The van der Waals surface area contributed by atoms with Gasteiger partial charge in [-0.15, -0.1) is 17.9 Å². The molecule has 3 rings (SSSR count). The lowest BCUT2D eigenvalue weighted by atomic mass is 10.1. The van der Waals surface area contributed by atoms with Gasteiger partial charge in [0.2, 0.25) is 10.0 Å². The summed E-state index contributed by atoms with van der Waals surface area (Å²) in [6, 6.07) is 7.95. The third-order valence-corrected chi connectivity index (χ3v) is 6.49. The van der Waals surface area contributed by atoms with Crippen LogP contribution in [0.15, 0.2) is 58.3 Å². The van der Waals surface area contributed by atoms with Crippen LogP contribution in [-0.2, 0) is 16.6 Å². The van der Waals surface area contributed by atoms with E-state index in [4.69, 9.17) is 0 Å². The number of carbonyl (C=O) groups is 1. The average molecular weight is 450 g/mol. The lowest BCUT2D eigenvalue weighted by Crippen LogP contribution is -2.24. The third kappa shape index (κ3) is 4.95. The molecule has 29 heavy (non-hydrogen) atoms. The second-order valence-corrected chi connectivity index (χ2v) is 10.3. The van der Waals surface area contributed by atoms with Gasteiger partial charge in [-0.1, -0.05) is 17.8 Å². The van der Waals surface area contributed by atoms with Crippen molar-refractivity contribution in [2.45, 2.75) is 23.9 Å². The van der Waals surface area contributed by atoms with E-state index in [1.165, 1.54) is 39.8 Å². The van der Waals surface area contributed by atoms with Crippen molar-refractivity contribution in [2.24, 2.45) is 0 Å². The summed E-state index contributed by atoms with van der Waals surface area (Å²) in [5, 5.41) is 2.33. The first-order valence-corrected chi connectivity index (χ1v) is 12.2. The van der Waals surface area contributed by atoms with E-state index in [1.54, 1.807) is 31.2 Å². The minimum Gasteiger partial charge on any atom is -0.293 e. The van der Waals surface area contributed by atoms with Crippen molar-refractivity contribution in [1.82, 2.24) is 9.55 Å². The number of rotatable bonds is 8. The largest absolute Gasteiger partial charge is 0.293 e. The number of thiophene rings is 1. The van der Waals surface area contributed by atoms with Gasteiger partial charge in [0.25, 0.3) is 5.56 Å². The minimum absolute atomic E-state index is 0.147. The molecule has 0 amide bonds. The molecule has 0 fully saturated rings. The van der Waals surface area contributed by atoms with Crippen molar-refractivity contribution < 1.29 is 13.2 Å². The molecule has 2 aromatic heterocycles. The summed E-state index contributed by atoms with van der Waals surface area (Å²) in [5.74, 6) is -0.147. The van der Waals surface area contributed by atoms with Gasteiger partial charge in [-0.25, -0.2) is 13.4 Å². The first-order valence-electron chi connectivity index (χ1n) is 8.57. The summed E-state index contributed by atoms with van der Waals surface area (Å²) in [6.45, 7) is 5.74. The first kappa shape index (κ1) is 21.3. The van der Waals surface area contributed by atoms with Gasteiger partial charge in [-0.05, 0) is 42.6 Å². The van der Waals surface area contributed by atoms with Crippen molar-refractivity contribution in [3.8, 4) is 0 Å². The number of sulfonamides is 1. The van der Waals surface area contributed by atoms with Crippen LogP contribution in [0.25, 0.3) is 10.2 Å². The molecule has 0 aliphatic rings. The Kier molecular flexibility index (Phi) is 6.25. The Morgan fingerprint density at radius 3 is 2.66 bits per heavy atom. The Bertz CT molecular complexity index is 1230. The Balaban J connectivity index is 1.85. The summed E-state index contributed by atoms with van der Waals surface area (Å²) in [5.41, 5.74) is 0.669. The fourth-order valence-electron chi connectivity index (χ4n) is 2.67. The van der Waals surface area contributed by atoms with E-state index in [0.717, 1.165) is 6.26 Å². The minimum atomic E-state index is -3.38. The van der Waals surface area contributed by atoms with Crippen LogP contribution in [-0.4, -0.2) is 35.3 Å². The number of allylic oxidation sites excluding steroid dienone is 1. The number of hydrogen-bond donors (Lipinski definition) is 1. The van der Waals surface area contributed by atoms with Gasteiger partial charge in [0.15, 0.2) is 10.9 Å². The van der Waals surface area contributed by atoms with Crippen molar-refractivity contribution in [2.75, 3.05) is 11.0 Å². The number of thioether (sulfide) groups is 1. The van der Waals surface area contributed by atoms with Gasteiger partial charge in [0, 0.05) is 17.8 Å². The van der Waals surface area contributed by atoms with Gasteiger partial charge >= 0.3 is 0 Å². The quantitative estimate of drug-likeness (QED) is 0.245. The Labute approximate surface area is 176 Å². The number of carbonyl (C=O) groups excluding carboxylic acids is 1. The highest BCUT2D eigenvalue weighted by Crippen LogP contribution is 2.27. The first-order chi connectivity index (χ1) is 13.7. The monoisotopic (exact) mass is 449 g/mol. The van der Waals surface area contributed by atoms with Gasteiger partial charge in [-0.2, -0.15) is 0 Å². The predicted octanol–water partition coefficient (Wildman–Crippen LogP) is 3.38. The molecule has 1 aromatic carbocycles. The number of benzene rings is 1. The van der Waals surface area contributed by atoms with Crippen LogP contribution >= 0.6 is 23.1 Å². The molecule has 0 saturated carbocycles. The van der Waals surface area contributed by atoms with Gasteiger partial charge < -0.3 is 0 Å². The third-order valence-electron chi connectivity index (χ3n) is 3.98. The maximum Gasteiger partial charge on any atom is 0.263 e. The number of hydrogen-bond acceptors (Lipinski definition) is 7. The molecule has 3 aromatic rings. The molecule has 10 heteroatoms. The number of ketones is 1. The molecule has 152 valence electrons. The number of anilines is 1. The second kappa shape index (κ2) is 8.52. The highest BCUT2D eigenvalue weighted by molar-refractivity contribution is 8.00. The van der Waals surface area contributed by atoms with Crippen molar-refractivity contribution >= 4 is 54.8 Å². The lowest BCUT2D eigenvalue weighted by Gasteiger charge is -2.14. The van der Waals surface area contributed by atoms with Crippen molar-refractivity contribution in [3.63, 3.8) is 0 Å².